The topological polar surface area (TPSA) is 67.2 Å². The molecule has 1 heterocycles. The number of carbonyl (C=O) groups is 1. The molecule has 106 valence electrons. The number of carbonyl (C=O) groups excluding carboxylic acids is 1. The number of aliphatic hydroxyl groups excluding tert-OH is 1. The van der Waals surface area contributed by atoms with E-state index in [4.69, 9.17) is 0 Å². The fraction of sp³-hybridized carbons (Fsp3) is 0.714. The minimum absolute atomic E-state index is 0.0746. The summed E-state index contributed by atoms with van der Waals surface area (Å²) in [4.78, 5) is 12.2. The molecule has 2 N–H and O–H groups in total. The van der Waals surface area contributed by atoms with Gasteiger partial charge in [-0.3, -0.25) is 9.48 Å². The van der Waals surface area contributed by atoms with Gasteiger partial charge in [0.15, 0.2) is 0 Å². The summed E-state index contributed by atoms with van der Waals surface area (Å²) in [5.41, 5.74) is 1.77. The van der Waals surface area contributed by atoms with E-state index in [2.05, 4.69) is 24.3 Å². The lowest BCUT2D eigenvalue weighted by Crippen LogP contribution is -2.27. The molecule has 1 atom stereocenters. The first kappa shape index (κ1) is 14.1. The smallest absolute Gasteiger partial charge is 0.254 e. The van der Waals surface area contributed by atoms with E-state index in [1.165, 1.54) is 0 Å². The fourth-order valence-corrected chi connectivity index (χ4v) is 2.21. The molecule has 19 heavy (non-hydrogen) atoms. The van der Waals surface area contributed by atoms with Gasteiger partial charge in [0, 0.05) is 18.5 Å². The Bertz CT molecular complexity index is 448. The molecule has 5 nitrogen and oxygen atoms in total. The van der Waals surface area contributed by atoms with Crippen LogP contribution in [-0.2, 0) is 0 Å². The van der Waals surface area contributed by atoms with Crippen LogP contribution in [0.1, 0.15) is 68.0 Å². The standard InChI is InChI=1S/C14H23N3O2/c1-9(2)17-13(11-4-5-11)12(8-16-17)14(19)15-7-6-10(3)18/h8-11,18H,4-7H2,1-3H3,(H,15,19). The molecule has 1 amide bonds. The zero-order chi connectivity index (χ0) is 14.0. The van der Waals surface area contributed by atoms with Crippen molar-refractivity contribution in [1.29, 1.82) is 0 Å². The maximum absolute atomic E-state index is 12.2. The highest BCUT2D eigenvalue weighted by molar-refractivity contribution is 5.95. The van der Waals surface area contributed by atoms with Gasteiger partial charge >= 0.3 is 0 Å². The molecule has 0 aromatic carbocycles. The SMILES string of the molecule is CC(O)CCNC(=O)c1cnn(C(C)C)c1C1CC1. The predicted molar refractivity (Wildman–Crippen MR) is 73.2 cm³/mol. The highest BCUT2D eigenvalue weighted by Crippen LogP contribution is 2.42. The minimum Gasteiger partial charge on any atom is -0.393 e. The molecule has 0 aliphatic heterocycles. The van der Waals surface area contributed by atoms with Crippen LogP contribution < -0.4 is 5.32 Å². The number of hydrogen-bond acceptors (Lipinski definition) is 3. The fourth-order valence-electron chi connectivity index (χ4n) is 2.21. The van der Waals surface area contributed by atoms with Crippen LogP contribution in [0.2, 0.25) is 0 Å². The molecule has 0 bridgehead atoms. The zero-order valence-corrected chi connectivity index (χ0v) is 11.9. The van der Waals surface area contributed by atoms with Crippen molar-refractivity contribution >= 4 is 5.91 Å². The van der Waals surface area contributed by atoms with E-state index in [0.717, 1.165) is 18.5 Å². The Balaban J connectivity index is 2.09. The van der Waals surface area contributed by atoms with Crippen molar-refractivity contribution in [3.63, 3.8) is 0 Å². The number of aromatic nitrogens is 2. The molecule has 1 unspecified atom stereocenters. The third-order valence-corrected chi connectivity index (χ3v) is 3.38. The largest absolute Gasteiger partial charge is 0.393 e. The van der Waals surface area contributed by atoms with Crippen molar-refractivity contribution in [3.8, 4) is 0 Å². The summed E-state index contributed by atoms with van der Waals surface area (Å²) in [6.07, 6.45) is 4.15. The van der Waals surface area contributed by atoms with E-state index < -0.39 is 0 Å². The van der Waals surface area contributed by atoms with Gasteiger partial charge in [0.1, 0.15) is 0 Å². The number of nitrogens with one attached hydrogen (secondary N) is 1. The van der Waals surface area contributed by atoms with Crippen LogP contribution in [0.5, 0.6) is 0 Å². The van der Waals surface area contributed by atoms with Crippen molar-refractivity contribution in [2.24, 2.45) is 0 Å². The van der Waals surface area contributed by atoms with E-state index in [-0.39, 0.29) is 18.1 Å². The van der Waals surface area contributed by atoms with Crippen LogP contribution in [0.3, 0.4) is 0 Å². The van der Waals surface area contributed by atoms with Gasteiger partial charge in [-0.05, 0) is 40.0 Å². The van der Waals surface area contributed by atoms with E-state index in [1.54, 1.807) is 13.1 Å². The Morgan fingerprint density at radius 2 is 2.21 bits per heavy atom. The van der Waals surface area contributed by atoms with Crippen LogP contribution in [0.15, 0.2) is 6.20 Å². The van der Waals surface area contributed by atoms with Crippen LogP contribution in [0, 0.1) is 0 Å². The van der Waals surface area contributed by atoms with Crippen molar-refractivity contribution in [2.75, 3.05) is 6.54 Å². The second-order valence-corrected chi connectivity index (χ2v) is 5.65. The molecule has 1 fully saturated rings. The monoisotopic (exact) mass is 265 g/mol. The maximum Gasteiger partial charge on any atom is 0.254 e. The Labute approximate surface area is 114 Å². The molecule has 1 aliphatic rings. The van der Waals surface area contributed by atoms with E-state index >= 15 is 0 Å². The molecule has 5 heteroatoms. The van der Waals surface area contributed by atoms with E-state index in [0.29, 0.717) is 24.4 Å². The number of hydrogen-bond donors (Lipinski definition) is 2. The normalized spacial score (nSPS) is 16.7. The van der Waals surface area contributed by atoms with Gasteiger partial charge in [0.05, 0.1) is 23.6 Å². The minimum atomic E-state index is -0.387. The molecule has 0 radical (unpaired) electrons. The van der Waals surface area contributed by atoms with Crippen molar-refractivity contribution < 1.29 is 9.90 Å². The van der Waals surface area contributed by atoms with Crippen molar-refractivity contribution in [3.05, 3.63) is 17.5 Å². The number of amides is 1. The van der Waals surface area contributed by atoms with Crippen molar-refractivity contribution in [1.82, 2.24) is 15.1 Å². The van der Waals surface area contributed by atoms with E-state index in [1.807, 2.05) is 4.68 Å². The third kappa shape index (κ3) is 3.35. The second kappa shape index (κ2) is 5.74. The highest BCUT2D eigenvalue weighted by atomic mass is 16.3. The number of rotatable bonds is 6. The van der Waals surface area contributed by atoms with Crippen LogP contribution >= 0.6 is 0 Å². The first-order valence-corrected chi connectivity index (χ1v) is 7.04. The van der Waals surface area contributed by atoms with Crippen molar-refractivity contribution in [2.45, 2.75) is 58.1 Å². The van der Waals surface area contributed by atoms with Crippen LogP contribution in [0.4, 0.5) is 0 Å². The third-order valence-electron chi connectivity index (χ3n) is 3.38. The molecule has 1 saturated carbocycles. The summed E-state index contributed by atoms with van der Waals surface area (Å²) in [5.74, 6) is 0.414. The average molecular weight is 265 g/mol. The first-order chi connectivity index (χ1) is 9.00. The summed E-state index contributed by atoms with van der Waals surface area (Å²) >= 11 is 0. The van der Waals surface area contributed by atoms with E-state index in [9.17, 15) is 9.90 Å². The lowest BCUT2D eigenvalue weighted by Gasteiger charge is -2.12. The lowest BCUT2D eigenvalue weighted by molar-refractivity contribution is 0.0944. The average Bonchev–Trinajstić information content (AvgIpc) is 3.06. The van der Waals surface area contributed by atoms with Gasteiger partial charge in [-0.15, -0.1) is 0 Å². The molecular formula is C14H23N3O2. The molecular weight excluding hydrogens is 242 g/mol. The van der Waals surface area contributed by atoms with Gasteiger partial charge in [-0.2, -0.15) is 5.10 Å². The molecule has 1 aliphatic carbocycles. The Morgan fingerprint density at radius 1 is 1.53 bits per heavy atom. The molecule has 2 rings (SSSR count). The molecule has 0 saturated heterocycles. The lowest BCUT2D eigenvalue weighted by atomic mass is 10.1. The Morgan fingerprint density at radius 3 is 2.74 bits per heavy atom. The van der Waals surface area contributed by atoms with Gasteiger partial charge < -0.3 is 10.4 Å². The number of aliphatic hydroxyl groups is 1. The number of nitrogens with zero attached hydrogens (tertiary/aromatic N) is 2. The highest BCUT2D eigenvalue weighted by Gasteiger charge is 2.32. The molecule has 0 spiro atoms. The Kier molecular flexibility index (Phi) is 4.24. The quantitative estimate of drug-likeness (QED) is 0.824. The van der Waals surface area contributed by atoms with Gasteiger partial charge in [-0.25, -0.2) is 0 Å². The molecule has 1 aromatic rings. The van der Waals surface area contributed by atoms with Crippen LogP contribution in [0.25, 0.3) is 0 Å². The van der Waals surface area contributed by atoms with Crippen LogP contribution in [-0.4, -0.2) is 33.4 Å². The van der Waals surface area contributed by atoms with Gasteiger partial charge in [0.2, 0.25) is 0 Å². The van der Waals surface area contributed by atoms with Gasteiger partial charge in [-0.1, -0.05) is 0 Å². The zero-order valence-electron chi connectivity index (χ0n) is 11.9. The predicted octanol–water partition coefficient (Wildman–Crippen LogP) is 1.84. The second-order valence-electron chi connectivity index (χ2n) is 5.65. The Hall–Kier alpha value is -1.36. The van der Waals surface area contributed by atoms with Gasteiger partial charge in [0.25, 0.3) is 5.91 Å². The maximum atomic E-state index is 12.2. The first-order valence-electron chi connectivity index (χ1n) is 7.04. The summed E-state index contributed by atoms with van der Waals surface area (Å²) in [7, 11) is 0. The summed E-state index contributed by atoms with van der Waals surface area (Å²) < 4.78 is 1.96. The molecule has 1 aromatic heterocycles. The summed E-state index contributed by atoms with van der Waals surface area (Å²) in [5, 5.41) is 16.4. The summed E-state index contributed by atoms with van der Waals surface area (Å²) in [6.45, 7) is 6.37. The summed E-state index contributed by atoms with van der Waals surface area (Å²) in [6, 6.07) is 0.273.